The van der Waals surface area contributed by atoms with Gasteiger partial charge in [0.2, 0.25) is 11.8 Å². The summed E-state index contributed by atoms with van der Waals surface area (Å²) in [6.07, 6.45) is 2.82. The van der Waals surface area contributed by atoms with Crippen LogP contribution >= 0.6 is 0 Å². The fourth-order valence-electron chi connectivity index (χ4n) is 3.14. The lowest BCUT2D eigenvalue weighted by Gasteiger charge is -2.09. The van der Waals surface area contributed by atoms with Gasteiger partial charge in [-0.3, -0.25) is 14.7 Å². The number of nitrogens with one attached hydrogen (secondary N) is 3. The number of aromatic amines is 1. The highest BCUT2D eigenvalue weighted by molar-refractivity contribution is 6.13. The molecule has 0 unspecified atom stereocenters. The van der Waals surface area contributed by atoms with Crippen molar-refractivity contribution in [3.05, 3.63) is 79.0 Å². The van der Waals surface area contributed by atoms with Gasteiger partial charge in [0.05, 0.1) is 23.9 Å². The van der Waals surface area contributed by atoms with Crippen molar-refractivity contribution in [3.63, 3.8) is 0 Å². The van der Waals surface area contributed by atoms with Gasteiger partial charge in [0, 0.05) is 17.6 Å². The van der Waals surface area contributed by atoms with Gasteiger partial charge in [0.1, 0.15) is 0 Å². The molecular weight excluding hydrogens is 394 g/mol. The van der Waals surface area contributed by atoms with Crippen LogP contribution in [-0.2, 0) is 4.79 Å². The molecule has 2 aromatic heterocycles. The summed E-state index contributed by atoms with van der Waals surface area (Å²) in [6, 6.07) is 16.2. The van der Waals surface area contributed by atoms with Crippen LogP contribution in [0, 0.1) is 0 Å². The number of hydrogen-bond acceptors (Lipinski definition) is 5. The zero-order chi connectivity index (χ0) is 21.8. The number of ether oxygens (including phenoxy) is 1. The SMILES string of the molecule is C=CC(=O)Nc1ccccc1C(=O)Nc1n[nH]c2cc(-c3ccnc(OC)c3)ccc12. The van der Waals surface area contributed by atoms with E-state index in [0.29, 0.717) is 22.9 Å². The van der Waals surface area contributed by atoms with Gasteiger partial charge in [-0.05, 0) is 47.5 Å². The molecule has 154 valence electrons. The molecule has 3 N–H and O–H groups in total. The molecule has 0 saturated carbocycles. The number of hydrogen-bond donors (Lipinski definition) is 3. The summed E-state index contributed by atoms with van der Waals surface area (Å²) in [5.41, 5.74) is 3.36. The van der Waals surface area contributed by atoms with Crippen LogP contribution in [0.25, 0.3) is 22.0 Å². The van der Waals surface area contributed by atoms with E-state index in [-0.39, 0.29) is 0 Å². The number of aromatic nitrogens is 3. The first-order valence-corrected chi connectivity index (χ1v) is 9.41. The van der Waals surface area contributed by atoms with Crippen LogP contribution in [0.1, 0.15) is 10.4 Å². The van der Waals surface area contributed by atoms with Gasteiger partial charge >= 0.3 is 0 Å². The fourth-order valence-corrected chi connectivity index (χ4v) is 3.14. The van der Waals surface area contributed by atoms with Crippen LogP contribution in [0.4, 0.5) is 11.5 Å². The van der Waals surface area contributed by atoms with Crippen LogP contribution in [-0.4, -0.2) is 34.1 Å². The van der Waals surface area contributed by atoms with E-state index in [0.717, 1.165) is 28.1 Å². The van der Waals surface area contributed by atoms with Crippen molar-refractivity contribution < 1.29 is 14.3 Å². The molecule has 31 heavy (non-hydrogen) atoms. The molecule has 0 atom stereocenters. The summed E-state index contributed by atoms with van der Waals surface area (Å²) >= 11 is 0. The normalized spacial score (nSPS) is 10.5. The first-order valence-electron chi connectivity index (χ1n) is 9.41. The lowest BCUT2D eigenvalue weighted by Crippen LogP contribution is -2.17. The maximum Gasteiger partial charge on any atom is 0.258 e. The Hall–Kier alpha value is -4.46. The maximum atomic E-state index is 12.8. The summed E-state index contributed by atoms with van der Waals surface area (Å²) in [5, 5.41) is 13.4. The van der Waals surface area contributed by atoms with Gasteiger partial charge in [-0.25, -0.2) is 4.98 Å². The molecule has 0 aliphatic rings. The van der Waals surface area contributed by atoms with Gasteiger partial charge in [-0.1, -0.05) is 24.8 Å². The van der Waals surface area contributed by atoms with Crippen molar-refractivity contribution in [3.8, 4) is 17.0 Å². The van der Waals surface area contributed by atoms with Gasteiger partial charge in [0.25, 0.3) is 5.91 Å². The molecule has 0 spiro atoms. The Morgan fingerprint density at radius 3 is 2.68 bits per heavy atom. The zero-order valence-electron chi connectivity index (χ0n) is 16.7. The minimum Gasteiger partial charge on any atom is -0.481 e. The number of methoxy groups -OCH3 is 1. The van der Waals surface area contributed by atoms with Crippen LogP contribution < -0.4 is 15.4 Å². The molecule has 0 fully saturated rings. The Morgan fingerprint density at radius 1 is 1.06 bits per heavy atom. The molecular formula is C23H19N5O3. The highest BCUT2D eigenvalue weighted by Crippen LogP contribution is 2.28. The number of carbonyl (C=O) groups excluding carboxylic acids is 2. The van der Waals surface area contributed by atoms with Crippen LogP contribution in [0.15, 0.2) is 73.4 Å². The first-order chi connectivity index (χ1) is 15.1. The van der Waals surface area contributed by atoms with Crippen molar-refractivity contribution in [2.75, 3.05) is 17.7 Å². The first kappa shape index (κ1) is 19.8. The fraction of sp³-hybridized carbons (Fsp3) is 0.0435. The molecule has 8 heteroatoms. The van der Waals surface area contributed by atoms with E-state index in [2.05, 4.69) is 32.4 Å². The molecule has 2 aromatic carbocycles. The number of fused-ring (bicyclic) bond motifs is 1. The second-order valence-corrected chi connectivity index (χ2v) is 6.61. The van der Waals surface area contributed by atoms with Crippen molar-refractivity contribution in [1.82, 2.24) is 15.2 Å². The van der Waals surface area contributed by atoms with Crippen LogP contribution in [0.3, 0.4) is 0 Å². The largest absolute Gasteiger partial charge is 0.481 e. The summed E-state index contributed by atoms with van der Waals surface area (Å²) in [5.74, 6) is 0.128. The highest BCUT2D eigenvalue weighted by atomic mass is 16.5. The van der Waals surface area contributed by atoms with Crippen molar-refractivity contribution in [2.45, 2.75) is 0 Å². The molecule has 4 rings (SSSR count). The van der Waals surface area contributed by atoms with E-state index in [9.17, 15) is 9.59 Å². The summed E-state index contributed by atoms with van der Waals surface area (Å²) in [6.45, 7) is 3.43. The molecule has 0 aliphatic heterocycles. The number of para-hydroxylation sites is 1. The second-order valence-electron chi connectivity index (χ2n) is 6.61. The van der Waals surface area contributed by atoms with Crippen LogP contribution in [0.5, 0.6) is 5.88 Å². The van der Waals surface area contributed by atoms with Crippen molar-refractivity contribution >= 4 is 34.2 Å². The zero-order valence-corrected chi connectivity index (χ0v) is 16.7. The van der Waals surface area contributed by atoms with E-state index in [1.807, 2.05) is 30.3 Å². The Balaban J connectivity index is 1.61. The summed E-state index contributed by atoms with van der Waals surface area (Å²) < 4.78 is 5.18. The number of nitrogens with zero attached hydrogens (tertiary/aromatic N) is 2. The van der Waals surface area contributed by atoms with E-state index in [4.69, 9.17) is 4.74 Å². The third-order valence-electron chi connectivity index (χ3n) is 4.69. The van der Waals surface area contributed by atoms with Crippen LogP contribution in [0.2, 0.25) is 0 Å². The number of rotatable bonds is 6. The molecule has 0 aliphatic carbocycles. The van der Waals surface area contributed by atoms with Gasteiger partial charge in [-0.15, -0.1) is 0 Å². The predicted octanol–water partition coefficient (Wildman–Crippen LogP) is 4.01. The van der Waals surface area contributed by atoms with E-state index in [1.165, 1.54) is 0 Å². The Kier molecular flexibility index (Phi) is 5.44. The number of H-pyrrole nitrogens is 1. The second kappa shape index (κ2) is 8.50. The average molecular weight is 413 g/mol. The molecule has 2 heterocycles. The van der Waals surface area contributed by atoms with E-state index in [1.54, 1.807) is 37.6 Å². The third-order valence-corrected chi connectivity index (χ3v) is 4.69. The smallest absolute Gasteiger partial charge is 0.258 e. The average Bonchev–Trinajstić information content (AvgIpc) is 3.21. The molecule has 0 bridgehead atoms. The monoisotopic (exact) mass is 413 g/mol. The molecule has 0 radical (unpaired) electrons. The Bertz CT molecular complexity index is 1300. The topological polar surface area (TPSA) is 109 Å². The summed E-state index contributed by atoms with van der Waals surface area (Å²) in [7, 11) is 1.57. The molecule has 0 saturated heterocycles. The minimum absolute atomic E-state index is 0.314. The maximum absolute atomic E-state index is 12.8. The third kappa shape index (κ3) is 4.13. The van der Waals surface area contributed by atoms with Gasteiger partial charge < -0.3 is 15.4 Å². The number of amides is 2. The Morgan fingerprint density at radius 2 is 1.87 bits per heavy atom. The van der Waals surface area contributed by atoms with Crippen molar-refractivity contribution in [1.29, 1.82) is 0 Å². The van der Waals surface area contributed by atoms with Gasteiger partial charge in [-0.2, -0.15) is 5.10 Å². The highest BCUT2D eigenvalue weighted by Gasteiger charge is 2.15. The molecule has 2 amide bonds. The molecule has 8 nitrogen and oxygen atoms in total. The minimum atomic E-state index is -0.397. The standard InChI is InChI=1S/C23H19N5O3/c1-3-20(29)25-18-7-5-4-6-17(18)23(30)26-22-16-9-8-14(12-19(16)27-28-22)15-10-11-24-21(13-15)31-2/h3-13H,1H2,2H3,(H,25,29)(H2,26,27,28,30). The molecule has 4 aromatic rings. The Labute approximate surface area is 178 Å². The van der Waals surface area contributed by atoms with E-state index < -0.39 is 11.8 Å². The number of carbonyl (C=O) groups is 2. The number of pyridine rings is 1. The quantitative estimate of drug-likeness (QED) is 0.414. The van der Waals surface area contributed by atoms with E-state index >= 15 is 0 Å². The summed E-state index contributed by atoms with van der Waals surface area (Å²) in [4.78, 5) is 28.6. The predicted molar refractivity (Wildman–Crippen MR) is 119 cm³/mol. The van der Waals surface area contributed by atoms with Crippen molar-refractivity contribution in [2.24, 2.45) is 0 Å². The number of benzene rings is 2. The lowest BCUT2D eigenvalue weighted by atomic mass is 10.1. The van der Waals surface area contributed by atoms with Gasteiger partial charge in [0.15, 0.2) is 5.82 Å². The number of anilines is 2. The lowest BCUT2D eigenvalue weighted by molar-refractivity contribution is -0.111.